The molecule has 1 N–H and O–H groups in total. The Hall–Kier alpha value is -3.68. The Morgan fingerprint density at radius 1 is 1.03 bits per heavy atom. The van der Waals surface area contributed by atoms with Gasteiger partial charge in [-0.05, 0) is 42.8 Å². The van der Waals surface area contributed by atoms with E-state index in [2.05, 4.69) is 15.2 Å². The summed E-state index contributed by atoms with van der Waals surface area (Å²) in [5, 5.41) is 3.78. The van der Waals surface area contributed by atoms with Crippen LogP contribution in [0.1, 0.15) is 34.7 Å². The fraction of sp³-hybridized carbons (Fsp3) is 0.250. The summed E-state index contributed by atoms with van der Waals surface area (Å²) < 4.78 is 19.2. The number of halogens is 1. The van der Waals surface area contributed by atoms with E-state index in [4.69, 9.17) is 9.72 Å². The number of amides is 1. The molecule has 1 fully saturated rings. The second kappa shape index (κ2) is 10.3. The second-order valence-corrected chi connectivity index (χ2v) is 8.67. The van der Waals surface area contributed by atoms with Crippen molar-refractivity contribution in [2.75, 3.05) is 31.6 Å². The number of nitrogens with zero attached hydrogens (tertiary/aromatic N) is 3. The minimum absolute atomic E-state index is 0.276. The van der Waals surface area contributed by atoms with Gasteiger partial charge in [0.2, 0.25) is 0 Å². The van der Waals surface area contributed by atoms with E-state index < -0.39 is 6.17 Å². The molecule has 0 bridgehead atoms. The quantitative estimate of drug-likeness (QED) is 0.408. The highest BCUT2D eigenvalue weighted by molar-refractivity contribution is 6.11. The molecule has 1 aliphatic rings. The lowest BCUT2D eigenvalue weighted by molar-refractivity contribution is 0.0337. The molecule has 1 unspecified atom stereocenters. The number of hydrogen-bond donors (Lipinski definition) is 1. The number of aromatic nitrogens is 2. The standard InChI is InChI=1S/C28H27FN4O2/c1-19(29)21-6-2-7-22(17-21)25-12-11-20-5-3-9-24(27(20)31-25)28(34)32-26-10-4-8-23(30-26)18-33-13-15-35-16-14-33/h2-12,17,19H,13-16,18H2,1H3,(H,30,32,34). The van der Waals surface area contributed by atoms with Gasteiger partial charge >= 0.3 is 0 Å². The topological polar surface area (TPSA) is 67.4 Å². The van der Waals surface area contributed by atoms with E-state index in [-0.39, 0.29) is 5.91 Å². The summed E-state index contributed by atoms with van der Waals surface area (Å²) >= 11 is 0. The lowest BCUT2D eigenvalue weighted by Gasteiger charge is -2.26. The van der Waals surface area contributed by atoms with Gasteiger partial charge in [-0.3, -0.25) is 9.69 Å². The van der Waals surface area contributed by atoms with Crippen molar-refractivity contribution in [3.63, 3.8) is 0 Å². The van der Waals surface area contributed by atoms with Crippen LogP contribution in [0.3, 0.4) is 0 Å². The van der Waals surface area contributed by atoms with E-state index in [1.165, 1.54) is 6.92 Å². The maximum absolute atomic E-state index is 13.8. The zero-order valence-electron chi connectivity index (χ0n) is 19.6. The molecule has 5 rings (SSSR count). The molecule has 35 heavy (non-hydrogen) atoms. The van der Waals surface area contributed by atoms with Crippen molar-refractivity contribution in [1.82, 2.24) is 14.9 Å². The normalized spacial score (nSPS) is 15.1. The smallest absolute Gasteiger partial charge is 0.259 e. The first kappa shape index (κ1) is 23.1. The minimum atomic E-state index is -1.07. The SMILES string of the molecule is CC(F)c1cccc(-c2ccc3cccc(C(=O)Nc4cccc(CN5CCOCC5)n4)c3n2)c1. The fourth-order valence-electron chi connectivity index (χ4n) is 4.25. The van der Waals surface area contributed by atoms with Crippen LogP contribution in [0.25, 0.3) is 22.2 Å². The number of anilines is 1. The van der Waals surface area contributed by atoms with Gasteiger partial charge < -0.3 is 10.1 Å². The largest absolute Gasteiger partial charge is 0.379 e. The summed E-state index contributed by atoms with van der Waals surface area (Å²) in [6, 6.07) is 22.3. The van der Waals surface area contributed by atoms with Crippen molar-refractivity contribution in [2.45, 2.75) is 19.6 Å². The van der Waals surface area contributed by atoms with Gasteiger partial charge in [0.05, 0.1) is 35.7 Å². The summed E-state index contributed by atoms with van der Waals surface area (Å²) in [6.07, 6.45) is -1.07. The van der Waals surface area contributed by atoms with E-state index in [0.717, 1.165) is 42.9 Å². The Morgan fingerprint density at radius 3 is 2.66 bits per heavy atom. The van der Waals surface area contributed by atoms with Crippen LogP contribution in [0.4, 0.5) is 10.2 Å². The van der Waals surface area contributed by atoms with Crippen LogP contribution in [-0.4, -0.2) is 47.1 Å². The van der Waals surface area contributed by atoms with Gasteiger partial charge in [0, 0.05) is 30.6 Å². The summed E-state index contributed by atoms with van der Waals surface area (Å²) in [4.78, 5) is 25.0. The van der Waals surface area contributed by atoms with Crippen LogP contribution in [-0.2, 0) is 11.3 Å². The Labute approximate surface area is 203 Å². The number of pyridine rings is 2. The number of fused-ring (bicyclic) bond motifs is 1. The molecule has 1 saturated heterocycles. The first-order chi connectivity index (χ1) is 17.1. The fourth-order valence-corrected chi connectivity index (χ4v) is 4.25. The highest BCUT2D eigenvalue weighted by Gasteiger charge is 2.15. The highest BCUT2D eigenvalue weighted by atomic mass is 19.1. The summed E-state index contributed by atoms with van der Waals surface area (Å²) in [7, 11) is 0. The van der Waals surface area contributed by atoms with E-state index in [1.807, 2.05) is 48.5 Å². The molecule has 2 aromatic carbocycles. The predicted octanol–water partition coefficient (Wildman–Crippen LogP) is 5.41. The average molecular weight is 471 g/mol. The molecule has 0 radical (unpaired) electrons. The van der Waals surface area contributed by atoms with E-state index in [1.54, 1.807) is 24.3 Å². The van der Waals surface area contributed by atoms with Crippen molar-refractivity contribution >= 4 is 22.6 Å². The molecule has 6 nitrogen and oxygen atoms in total. The number of benzene rings is 2. The Balaban J connectivity index is 1.40. The van der Waals surface area contributed by atoms with Gasteiger partial charge in [-0.15, -0.1) is 0 Å². The van der Waals surface area contributed by atoms with E-state index in [9.17, 15) is 9.18 Å². The first-order valence-corrected chi connectivity index (χ1v) is 11.8. The van der Waals surface area contributed by atoms with Crippen molar-refractivity contribution in [2.24, 2.45) is 0 Å². The lowest BCUT2D eigenvalue weighted by Crippen LogP contribution is -2.35. The van der Waals surface area contributed by atoms with Crippen LogP contribution in [0.2, 0.25) is 0 Å². The van der Waals surface area contributed by atoms with Crippen LogP contribution >= 0.6 is 0 Å². The highest BCUT2D eigenvalue weighted by Crippen LogP contribution is 2.27. The number of carbonyl (C=O) groups is 1. The number of morpholine rings is 1. The molecule has 3 heterocycles. The van der Waals surface area contributed by atoms with Crippen molar-refractivity contribution in [3.05, 3.63) is 89.6 Å². The maximum Gasteiger partial charge on any atom is 0.259 e. The van der Waals surface area contributed by atoms with Gasteiger partial charge in [0.1, 0.15) is 12.0 Å². The molecule has 0 spiro atoms. The number of nitrogens with one attached hydrogen (secondary N) is 1. The molecule has 1 atom stereocenters. The Bertz CT molecular complexity index is 1350. The van der Waals surface area contributed by atoms with Crippen LogP contribution < -0.4 is 5.32 Å². The first-order valence-electron chi connectivity index (χ1n) is 11.8. The zero-order valence-corrected chi connectivity index (χ0v) is 19.6. The van der Waals surface area contributed by atoms with Crippen LogP contribution in [0.15, 0.2) is 72.8 Å². The van der Waals surface area contributed by atoms with Crippen molar-refractivity contribution in [1.29, 1.82) is 0 Å². The Kier molecular flexibility index (Phi) is 6.79. The van der Waals surface area contributed by atoms with Gasteiger partial charge in [0.15, 0.2) is 0 Å². The number of rotatable bonds is 6. The Morgan fingerprint density at radius 2 is 1.83 bits per heavy atom. The second-order valence-electron chi connectivity index (χ2n) is 8.67. The molecule has 4 aromatic rings. The molecular formula is C28H27FN4O2. The average Bonchev–Trinajstić information content (AvgIpc) is 2.89. The number of hydrogen-bond acceptors (Lipinski definition) is 5. The predicted molar refractivity (Wildman–Crippen MR) is 135 cm³/mol. The van der Waals surface area contributed by atoms with E-state index >= 15 is 0 Å². The maximum atomic E-state index is 13.8. The molecule has 1 amide bonds. The molecule has 0 aliphatic carbocycles. The van der Waals surface area contributed by atoms with Crippen molar-refractivity contribution in [3.8, 4) is 11.3 Å². The zero-order chi connectivity index (χ0) is 24.2. The summed E-state index contributed by atoms with van der Waals surface area (Å²) in [5.41, 5.74) is 4.03. The number of carbonyl (C=O) groups excluding carboxylic acids is 1. The molecule has 2 aromatic heterocycles. The molecular weight excluding hydrogens is 443 g/mol. The van der Waals surface area contributed by atoms with E-state index in [0.29, 0.717) is 34.7 Å². The third-order valence-corrected chi connectivity index (χ3v) is 6.14. The third kappa shape index (κ3) is 5.37. The third-order valence-electron chi connectivity index (χ3n) is 6.14. The number of ether oxygens (including phenoxy) is 1. The number of para-hydroxylation sites is 1. The monoisotopic (exact) mass is 470 g/mol. The van der Waals surface area contributed by atoms with Crippen LogP contribution in [0.5, 0.6) is 0 Å². The van der Waals surface area contributed by atoms with Crippen LogP contribution in [0, 0.1) is 0 Å². The molecule has 7 heteroatoms. The van der Waals surface area contributed by atoms with Crippen molar-refractivity contribution < 1.29 is 13.9 Å². The molecule has 178 valence electrons. The lowest BCUT2D eigenvalue weighted by atomic mass is 10.0. The summed E-state index contributed by atoms with van der Waals surface area (Å²) in [5.74, 6) is 0.223. The molecule has 0 saturated carbocycles. The van der Waals surface area contributed by atoms with Gasteiger partial charge in [0.25, 0.3) is 5.91 Å². The molecule has 1 aliphatic heterocycles. The minimum Gasteiger partial charge on any atom is -0.379 e. The van der Waals surface area contributed by atoms with Gasteiger partial charge in [-0.1, -0.05) is 42.5 Å². The van der Waals surface area contributed by atoms with Gasteiger partial charge in [-0.25, -0.2) is 14.4 Å². The number of alkyl halides is 1. The summed E-state index contributed by atoms with van der Waals surface area (Å²) in [6.45, 7) is 5.42. The van der Waals surface area contributed by atoms with Gasteiger partial charge in [-0.2, -0.15) is 0 Å².